The van der Waals surface area contributed by atoms with E-state index in [1.54, 1.807) is 0 Å². The Morgan fingerprint density at radius 1 is 1.36 bits per heavy atom. The number of amides is 3. The Morgan fingerprint density at radius 2 is 1.93 bits per heavy atom. The van der Waals surface area contributed by atoms with Crippen molar-refractivity contribution >= 4 is 11.9 Å². The molecule has 4 nitrogen and oxygen atoms in total. The Morgan fingerprint density at radius 3 is 2.29 bits per heavy atom. The first-order valence-electron chi connectivity index (χ1n) is 4.01. The van der Waals surface area contributed by atoms with Crippen molar-refractivity contribution in [2.24, 2.45) is 0 Å². The van der Waals surface area contributed by atoms with Gasteiger partial charge in [0, 0.05) is 6.54 Å². The summed E-state index contributed by atoms with van der Waals surface area (Å²) >= 11 is 0. The molecule has 1 rings (SSSR count). The van der Waals surface area contributed by atoms with Gasteiger partial charge in [0.15, 0.2) is 0 Å². The predicted molar refractivity (Wildman–Crippen MR) is 40.4 cm³/mol. The minimum Gasteiger partial charge on any atom is -0.306 e. The summed E-state index contributed by atoms with van der Waals surface area (Å²) in [5, 5.41) is 0. The molecule has 1 saturated heterocycles. The van der Waals surface area contributed by atoms with Crippen LogP contribution >= 0.6 is 0 Å². The summed E-state index contributed by atoms with van der Waals surface area (Å²) in [7, 11) is 0. The van der Waals surface area contributed by atoms with Crippen LogP contribution < -0.4 is 0 Å². The number of hydrogen-bond donors (Lipinski definition) is 0. The third-order valence-corrected chi connectivity index (χ3v) is 1.81. The van der Waals surface area contributed by atoms with Crippen molar-refractivity contribution in [3.05, 3.63) is 0 Å². The first-order chi connectivity index (χ1) is 6.35. The van der Waals surface area contributed by atoms with Gasteiger partial charge < -0.3 is 4.90 Å². The van der Waals surface area contributed by atoms with Crippen molar-refractivity contribution in [2.75, 3.05) is 19.6 Å². The number of imide groups is 1. The third-order valence-electron chi connectivity index (χ3n) is 1.81. The van der Waals surface area contributed by atoms with Gasteiger partial charge in [-0.2, -0.15) is 13.2 Å². The lowest BCUT2D eigenvalue weighted by molar-refractivity contribution is -0.139. The smallest absolute Gasteiger partial charge is 0.306 e. The highest BCUT2D eigenvalue weighted by Gasteiger charge is 2.41. The van der Waals surface area contributed by atoms with E-state index >= 15 is 0 Å². The van der Waals surface area contributed by atoms with Crippen molar-refractivity contribution in [1.82, 2.24) is 9.80 Å². The van der Waals surface area contributed by atoms with Crippen LogP contribution in [0.15, 0.2) is 0 Å². The van der Waals surface area contributed by atoms with Gasteiger partial charge in [0.05, 0.1) is 0 Å². The molecule has 0 unspecified atom stereocenters. The Balaban J connectivity index is 2.67. The lowest BCUT2D eigenvalue weighted by atomic mass is 10.5. The second kappa shape index (κ2) is 3.47. The van der Waals surface area contributed by atoms with Crippen LogP contribution in [0, 0.1) is 0 Å². The van der Waals surface area contributed by atoms with E-state index in [0.29, 0.717) is 4.90 Å². The van der Waals surface area contributed by atoms with Gasteiger partial charge in [-0.3, -0.25) is 9.69 Å². The number of halogens is 3. The number of hydrogen-bond acceptors (Lipinski definition) is 2. The zero-order valence-corrected chi connectivity index (χ0v) is 7.47. The van der Waals surface area contributed by atoms with Crippen molar-refractivity contribution < 1.29 is 22.8 Å². The van der Waals surface area contributed by atoms with Crippen LogP contribution in [0.5, 0.6) is 0 Å². The molecule has 0 spiro atoms. The minimum absolute atomic E-state index is 0.103. The van der Waals surface area contributed by atoms with E-state index in [-0.39, 0.29) is 6.54 Å². The maximum absolute atomic E-state index is 11.9. The summed E-state index contributed by atoms with van der Waals surface area (Å²) in [6, 6.07) is -0.866. The minimum atomic E-state index is -4.46. The van der Waals surface area contributed by atoms with Crippen molar-refractivity contribution in [1.29, 1.82) is 0 Å². The van der Waals surface area contributed by atoms with Gasteiger partial charge in [-0.25, -0.2) is 4.79 Å². The molecule has 80 valence electrons. The molecule has 0 aromatic rings. The lowest BCUT2D eigenvalue weighted by Crippen LogP contribution is -2.38. The highest BCUT2D eigenvalue weighted by molar-refractivity contribution is 6.01. The van der Waals surface area contributed by atoms with Gasteiger partial charge in [0.2, 0.25) is 5.91 Å². The molecule has 1 heterocycles. The monoisotopic (exact) mass is 210 g/mol. The lowest BCUT2D eigenvalue weighted by Gasteiger charge is -2.17. The van der Waals surface area contributed by atoms with Gasteiger partial charge in [0.1, 0.15) is 13.1 Å². The molecule has 1 aliphatic heterocycles. The van der Waals surface area contributed by atoms with Crippen LogP contribution in [0.25, 0.3) is 0 Å². The fraction of sp³-hybridized carbons (Fsp3) is 0.714. The van der Waals surface area contributed by atoms with E-state index in [1.807, 2.05) is 0 Å². The normalized spacial score (nSPS) is 18.3. The van der Waals surface area contributed by atoms with Crippen molar-refractivity contribution in [2.45, 2.75) is 13.1 Å². The molecule has 0 atom stereocenters. The zero-order valence-electron chi connectivity index (χ0n) is 7.47. The molecule has 0 aliphatic carbocycles. The van der Waals surface area contributed by atoms with E-state index < -0.39 is 31.2 Å². The van der Waals surface area contributed by atoms with Gasteiger partial charge in [-0.05, 0) is 6.92 Å². The highest BCUT2D eigenvalue weighted by atomic mass is 19.4. The van der Waals surface area contributed by atoms with Crippen LogP contribution in [0.2, 0.25) is 0 Å². The average molecular weight is 210 g/mol. The molecule has 0 N–H and O–H groups in total. The summed E-state index contributed by atoms with van der Waals surface area (Å²) in [4.78, 5) is 23.5. The quantitative estimate of drug-likeness (QED) is 0.633. The number of rotatable bonds is 2. The maximum Gasteiger partial charge on any atom is 0.406 e. The second-order valence-corrected chi connectivity index (χ2v) is 2.89. The van der Waals surface area contributed by atoms with Crippen LogP contribution in [0.1, 0.15) is 6.92 Å². The van der Waals surface area contributed by atoms with Gasteiger partial charge in [-0.15, -0.1) is 0 Å². The van der Waals surface area contributed by atoms with Crippen LogP contribution in [-0.2, 0) is 4.79 Å². The Labute approximate surface area is 78.3 Å². The number of alkyl halides is 3. The third kappa shape index (κ3) is 2.15. The summed E-state index contributed by atoms with van der Waals surface area (Å²) < 4.78 is 35.7. The van der Waals surface area contributed by atoms with Crippen molar-refractivity contribution in [3.63, 3.8) is 0 Å². The summed E-state index contributed by atoms with van der Waals surface area (Å²) in [6.07, 6.45) is -4.46. The van der Waals surface area contributed by atoms with Gasteiger partial charge >= 0.3 is 12.2 Å². The van der Waals surface area contributed by atoms with E-state index in [1.165, 1.54) is 6.92 Å². The summed E-state index contributed by atoms with van der Waals surface area (Å²) in [5.74, 6) is -0.582. The molecule has 7 heteroatoms. The van der Waals surface area contributed by atoms with E-state index in [4.69, 9.17) is 0 Å². The molecule has 14 heavy (non-hydrogen) atoms. The molecule has 0 radical (unpaired) electrons. The fourth-order valence-corrected chi connectivity index (χ4v) is 1.25. The van der Waals surface area contributed by atoms with Crippen LogP contribution in [0.4, 0.5) is 18.0 Å². The average Bonchev–Trinajstić information content (AvgIpc) is 2.24. The molecular weight excluding hydrogens is 201 g/mol. The van der Waals surface area contributed by atoms with Crippen LogP contribution in [0.3, 0.4) is 0 Å². The number of carbonyl (C=O) groups excluding carboxylic acids is 2. The standard InChI is InChI=1S/C7H9F3N2O2/c1-2-12-5(13)3-11(6(12)14)4-7(8,9)10/h2-4H2,1H3. The Kier molecular flexibility index (Phi) is 2.68. The predicted octanol–water partition coefficient (Wildman–Crippen LogP) is 0.833. The zero-order chi connectivity index (χ0) is 10.9. The molecule has 0 saturated carbocycles. The van der Waals surface area contributed by atoms with E-state index in [9.17, 15) is 22.8 Å². The molecule has 0 aromatic heterocycles. The second-order valence-electron chi connectivity index (χ2n) is 2.89. The Hall–Kier alpha value is -1.27. The van der Waals surface area contributed by atoms with E-state index in [0.717, 1.165) is 4.90 Å². The molecule has 0 bridgehead atoms. The molecule has 3 amide bonds. The van der Waals surface area contributed by atoms with Gasteiger partial charge in [-0.1, -0.05) is 0 Å². The fourth-order valence-electron chi connectivity index (χ4n) is 1.25. The molecular formula is C7H9F3N2O2. The first kappa shape index (κ1) is 10.8. The highest BCUT2D eigenvalue weighted by Crippen LogP contribution is 2.20. The number of nitrogens with zero attached hydrogens (tertiary/aromatic N) is 2. The van der Waals surface area contributed by atoms with Crippen molar-refractivity contribution in [3.8, 4) is 0 Å². The molecule has 1 aliphatic rings. The maximum atomic E-state index is 11.9. The number of carbonyl (C=O) groups is 2. The Bertz CT molecular complexity index is 264. The van der Waals surface area contributed by atoms with Crippen LogP contribution in [-0.4, -0.2) is 47.5 Å². The molecule has 0 aromatic carbocycles. The van der Waals surface area contributed by atoms with Gasteiger partial charge in [0.25, 0.3) is 0 Å². The SMILES string of the molecule is CCN1C(=O)CN(CC(F)(F)F)C1=O. The largest absolute Gasteiger partial charge is 0.406 e. The first-order valence-corrected chi connectivity index (χ1v) is 4.01. The molecule has 1 fully saturated rings. The van der Waals surface area contributed by atoms with E-state index in [2.05, 4.69) is 0 Å². The number of likely N-dealkylation sites (N-methyl/N-ethyl adjacent to an activating group) is 1. The number of urea groups is 1. The summed E-state index contributed by atoms with van der Waals surface area (Å²) in [5.41, 5.74) is 0. The topological polar surface area (TPSA) is 40.6 Å². The summed E-state index contributed by atoms with van der Waals surface area (Å²) in [6.45, 7) is -0.209.